The average molecular weight is 308 g/mol. The van der Waals surface area contributed by atoms with Gasteiger partial charge < -0.3 is 4.74 Å². The van der Waals surface area contributed by atoms with Crippen LogP contribution in [-0.4, -0.2) is 25.7 Å². The number of hydrogen-bond acceptors (Lipinski definition) is 5. The third-order valence-electron chi connectivity index (χ3n) is 2.39. The normalized spacial score (nSPS) is 13.0. The monoisotopic (exact) mass is 307 g/mol. The molecule has 1 aromatic rings. The third kappa shape index (κ3) is 5.04. The molecule has 1 atom stereocenters. The van der Waals surface area contributed by atoms with Crippen molar-refractivity contribution in [2.45, 2.75) is 13.8 Å². The zero-order valence-corrected chi connectivity index (χ0v) is 12.1. The second-order valence-corrected chi connectivity index (χ2v) is 7.12. The SMILES string of the molecule is Cc1cccc(OCC(C)CS(=O)(=O)Cl)c1[N+](=O)[O-]. The lowest BCUT2D eigenvalue weighted by Crippen LogP contribution is -2.17. The van der Waals surface area contributed by atoms with E-state index in [1.165, 1.54) is 6.07 Å². The summed E-state index contributed by atoms with van der Waals surface area (Å²) in [6.07, 6.45) is 0. The highest BCUT2D eigenvalue weighted by atomic mass is 35.7. The van der Waals surface area contributed by atoms with Crippen LogP contribution < -0.4 is 4.74 Å². The van der Waals surface area contributed by atoms with E-state index in [1.54, 1.807) is 26.0 Å². The zero-order chi connectivity index (χ0) is 14.6. The van der Waals surface area contributed by atoms with Crippen LogP contribution in [0, 0.1) is 23.0 Å². The molecule has 0 saturated heterocycles. The Bertz CT molecular complexity index is 572. The van der Waals surface area contributed by atoms with E-state index >= 15 is 0 Å². The minimum absolute atomic E-state index is 0.0379. The van der Waals surface area contributed by atoms with E-state index in [4.69, 9.17) is 15.4 Å². The van der Waals surface area contributed by atoms with E-state index in [2.05, 4.69) is 0 Å². The van der Waals surface area contributed by atoms with Gasteiger partial charge in [0.25, 0.3) is 0 Å². The number of halogens is 1. The van der Waals surface area contributed by atoms with Crippen LogP contribution in [0.2, 0.25) is 0 Å². The van der Waals surface area contributed by atoms with Crippen LogP contribution >= 0.6 is 10.7 Å². The Balaban J connectivity index is 2.79. The predicted octanol–water partition coefficient (Wildman–Crippen LogP) is 2.49. The first-order chi connectivity index (χ1) is 8.70. The molecule has 1 rings (SSSR count). The topological polar surface area (TPSA) is 86.5 Å². The van der Waals surface area contributed by atoms with Crippen molar-refractivity contribution in [2.24, 2.45) is 5.92 Å². The second-order valence-electron chi connectivity index (χ2n) is 4.30. The summed E-state index contributed by atoms with van der Waals surface area (Å²) in [7, 11) is 1.52. The predicted molar refractivity (Wildman–Crippen MR) is 72.1 cm³/mol. The maximum Gasteiger partial charge on any atom is 0.313 e. The fourth-order valence-corrected chi connectivity index (χ4v) is 3.02. The summed E-state index contributed by atoms with van der Waals surface area (Å²) in [4.78, 5) is 10.4. The first-order valence-electron chi connectivity index (χ1n) is 5.50. The number of para-hydroxylation sites is 1. The van der Waals surface area contributed by atoms with E-state index in [0.29, 0.717) is 5.56 Å². The van der Waals surface area contributed by atoms with Crippen LogP contribution in [-0.2, 0) is 9.05 Å². The smallest absolute Gasteiger partial charge is 0.313 e. The number of nitrogens with zero attached hydrogens (tertiary/aromatic N) is 1. The molecule has 1 aromatic carbocycles. The van der Waals surface area contributed by atoms with Crippen LogP contribution in [0.1, 0.15) is 12.5 Å². The molecule has 106 valence electrons. The highest BCUT2D eigenvalue weighted by molar-refractivity contribution is 8.13. The van der Waals surface area contributed by atoms with Gasteiger partial charge in [-0.2, -0.15) is 0 Å². The Morgan fingerprint density at radius 3 is 2.63 bits per heavy atom. The molecular formula is C11H14ClNO5S. The number of aryl methyl sites for hydroxylation is 1. The minimum Gasteiger partial charge on any atom is -0.486 e. The molecule has 0 aliphatic carbocycles. The summed E-state index contributed by atoms with van der Waals surface area (Å²) in [5, 5.41) is 10.9. The Morgan fingerprint density at radius 1 is 1.47 bits per heavy atom. The molecule has 0 radical (unpaired) electrons. The number of nitro groups is 1. The van der Waals surface area contributed by atoms with Crippen molar-refractivity contribution in [3.63, 3.8) is 0 Å². The van der Waals surface area contributed by atoms with E-state index in [9.17, 15) is 18.5 Å². The number of rotatable bonds is 6. The summed E-state index contributed by atoms with van der Waals surface area (Å²) >= 11 is 0. The van der Waals surface area contributed by atoms with Gasteiger partial charge in [0, 0.05) is 22.2 Å². The van der Waals surface area contributed by atoms with Gasteiger partial charge in [-0.3, -0.25) is 10.1 Å². The molecule has 0 aliphatic rings. The van der Waals surface area contributed by atoms with Crippen LogP contribution in [0.25, 0.3) is 0 Å². The largest absolute Gasteiger partial charge is 0.486 e. The van der Waals surface area contributed by atoms with Gasteiger partial charge in [-0.05, 0) is 13.0 Å². The third-order valence-corrected chi connectivity index (χ3v) is 3.74. The van der Waals surface area contributed by atoms with Gasteiger partial charge in [0.2, 0.25) is 9.05 Å². The highest BCUT2D eigenvalue weighted by Gasteiger charge is 2.20. The Hall–Kier alpha value is -1.34. The van der Waals surface area contributed by atoms with Gasteiger partial charge >= 0.3 is 5.69 Å². The van der Waals surface area contributed by atoms with Crippen LogP contribution in [0.3, 0.4) is 0 Å². The summed E-state index contributed by atoms with van der Waals surface area (Å²) in [5.74, 6) is -0.472. The first kappa shape index (κ1) is 15.7. The van der Waals surface area contributed by atoms with Crippen LogP contribution in [0.4, 0.5) is 5.69 Å². The molecule has 0 heterocycles. The quantitative estimate of drug-likeness (QED) is 0.458. The lowest BCUT2D eigenvalue weighted by molar-refractivity contribution is -0.386. The van der Waals surface area contributed by atoms with Crippen molar-refractivity contribution in [1.29, 1.82) is 0 Å². The van der Waals surface area contributed by atoms with Crippen molar-refractivity contribution >= 4 is 25.4 Å². The van der Waals surface area contributed by atoms with Crippen LogP contribution in [0.15, 0.2) is 18.2 Å². The minimum atomic E-state index is -3.60. The fraction of sp³-hybridized carbons (Fsp3) is 0.455. The molecule has 0 saturated carbocycles. The highest BCUT2D eigenvalue weighted by Crippen LogP contribution is 2.30. The molecule has 0 fully saturated rings. The molecule has 0 N–H and O–H groups in total. The standard InChI is InChI=1S/C11H14ClNO5S/c1-8(7-19(12,16)17)6-18-10-5-3-4-9(2)11(10)13(14)15/h3-5,8H,6-7H2,1-2H3. The van der Waals surface area contributed by atoms with E-state index < -0.39 is 14.0 Å². The van der Waals surface area contributed by atoms with Gasteiger partial charge in [-0.1, -0.05) is 19.1 Å². The summed E-state index contributed by atoms with van der Waals surface area (Å²) in [5.41, 5.74) is 0.378. The molecule has 0 amide bonds. The summed E-state index contributed by atoms with van der Waals surface area (Å²) < 4.78 is 27.1. The average Bonchev–Trinajstić information content (AvgIpc) is 2.23. The maximum absolute atomic E-state index is 10.9. The van der Waals surface area contributed by atoms with Crippen LogP contribution in [0.5, 0.6) is 5.75 Å². The molecule has 0 bridgehead atoms. The molecule has 6 nitrogen and oxygen atoms in total. The Morgan fingerprint density at radius 2 is 2.11 bits per heavy atom. The lowest BCUT2D eigenvalue weighted by Gasteiger charge is -2.12. The number of ether oxygens (including phenoxy) is 1. The van der Waals surface area contributed by atoms with Crippen molar-refractivity contribution in [3.8, 4) is 5.75 Å². The summed E-state index contributed by atoms with van der Waals surface area (Å²) in [6.45, 7) is 3.29. The zero-order valence-electron chi connectivity index (χ0n) is 10.5. The molecule has 19 heavy (non-hydrogen) atoms. The number of nitro benzene ring substituents is 1. The molecule has 8 heteroatoms. The van der Waals surface area contributed by atoms with Crippen molar-refractivity contribution in [3.05, 3.63) is 33.9 Å². The number of hydrogen-bond donors (Lipinski definition) is 0. The van der Waals surface area contributed by atoms with Gasteiger partial charge in [-0.15, -0.1) is 0 Å². The van der Waals surface area contributed by atoms with Gasteiger partial charge in [0.05, 0.1) is 17.3 Å². The van der Waals surface area contributed by atoms with E-state index in [0.717, 1.165) is 0 Å². The van der Waals surface area contributed by atoms with Crippen molar-refractivity contribution in [2.75, 3.05) is 12.4 Å². The fourth-order valence-electron chi connectivity index (χ4n) is 1.60. The van der Waals surface area contributed by atoms with Crippen molar-refractivity contribution < 1.29 is 18.1 Å². The molecule has 1 unspecified atom stereocenters. The van der Waals surface area contributed by atoms with Crippen molar-refractivity contribution in [1.82, 2.24) is 0 Å². The maximum atomic E-state index is 10.9. The molecule has 0 spiro atoms. The number of benzene rings is 1. The van der Waals surface area contributed by atoms with Gasteiger partial charge in [0.15, 0.2) is 5.75 Å². The Kier molecular flexibility index (Phi) is 5.13. The lowest BCUT2D eigenvalue weighted by atomic mass is 10.2. The molecule has 0 aromatic heterocycles. The second kappa shape index (κ2) is 6.21. The summed E-state index contributed by atoms with van der Waals surface area (Å²) in [6, 6.07) is 4.73. The van der Waals surface area contributed by atoms with Gasteiger partial charge in [-0.25, -0.2) is 8.42 Å². The van der Waals surface area contributed by atoms with E-state index in [1.807, 2.05) is 0 Å². The van der Waals surface area contributed by atoms with Gasteiger partial charge in [0.1, 0.15) is 0 Å². The molecular weight excluding hydrogens is 294 g/mol. The van der Waals surface area contributed by atoms with E-state index in [-0.39, 0.29) is 29.7 Å². The molecule has 0 aliphatic heterocycles. The first-order valence-corrected chi connectivity index (χ1v) is 7.97. The Labute approximate surface area is 115 Å².